The lowest BCUT2D eigenvalue weighted by Gasteiger charge is -2.53. The van der Waals surface area contributed by atoms with Gasteiger partial charge in [0.1, 0.15) is 0 Å². The number of amides is 1. The molecule has 3 heterocycles. The summed E-state index contributed by atoms with van der Waals surface area (Å²) >= 11 is 0. The molecule has 5 nitrogen and oxygen atoms in total. The average molecular weight is 281 g/mol. The van der Waals surface area contributed by atoms with Crippen molar-refractivity contribution in [2.24, 2.45) is 7.05 Å². The zero-order valence-electron chi connectivity index (χ0n) is 12.1. The second kappa shape index (κ2) is 4.80. The Kier molecular flexibility index (Phi) is 3.27. The fourth-order valence-electron chi connectivity index (χ4n) is 2.79. The van der Waals surface area contributed by atoms with Crippen molar-refractivity contribution in [1.29, 1.82) is 0 Å². The van der Waals surface area contributed by atoms with Gasteiger partial charge < -0.3 is 4.90 Å². The molecular weight excluding hydrogens is 271 g/mol. The molecule has 100 valence electrons. The van der Waals surface area contributed by atoms with Crippen molar-refractivity contribution in [3.05, 3.63) is 35.8 Å². The summed E-state index contributed by atoms with van der Waals surface area (Å²) in [5, 5.41) is 0.990. The van der Waals surface area contributed by atoms with E-state index < -0.39 is 10.7 Å². The van der Waals surface area contributed by atoms with E-state index in [0.717, 1.165) is 16.2 Å². The predicted molar refractivity (Wildman–Crippen MR) is 85.5 cm³/mol. The van der Waals surface area contributed by atoms with E-state index in [1.807, 2.05) is 13.1 Å². The first-order valence-corrected chi connectivity index (χ1v) is 6.65. The smallest absolute Gasteiger partial charge is 0.208 e. The van der Waals surface area contributed by atoms with Crippen LogP contribution < -0.4 is 0 Å². The molecule has 9 heteroatoms. The van der Waals surface area contributed by atoms with Crippen molar-refractivity contribution in [3.63, 3.8) is 0 Å². The minimum absolute atomic E-state index is 0.156. The van der Waals surface area contributed by atoms with Crippen molar-refractivity contribution in [2.75, 3.05) is 0 Å². The van der Waals surface area contributed by atoms with E-state index in [9.17, 15) is 4.79 Å². The summed E-state index contributed by atoms with van der Waals surface area (Å²) in [6.45, 7) is 0. The van der Waals surface area contributed by atoms with Crippen LogP contribution in [0.25, 0.3) is 11.3 Å². The fraction of sp³-hybridized carbons (Fsp3) is 0.308. The summed E-state index contributed by atoms with van der Waals surface area (Å²) in [6, 6.07) is 3.62. The summed E-state index contributed by atoms with van der Waals surface area (Å²) in [6.07, 6.45) is 3.97. The van der Waals surface area contributed by atoms with Crippen molar-refractivity contribution < 1.29 is 4.79 Å². The van der Waals surface area contributed by atoms with Crippen LogP contribution in [0.1, 0.15) is 11.3 Å². The van der Waals surface area contributed by atoms with Gasteiger partial charge in [-0.1, -0.05) is 0 Å². The topological polar surface area (TPSA) is 51.0 Å². The van der Waals surface area contributed by atoms with Gasteiger partial charge >= 0.3 is 0 Å². The Balaban J connectivity index is 2.17. The van der Waals surface area contributed by atoms with E-state index in [4.69, 9.17) is 31.4 Å². The Hall–Kier alpha value is -1.91. The highest BCUT2D eigenvalue weighted by atomic mass is 16.1. The van der Waals surface area contributed by atoms with Crippen molar-refractivity contribution in [3.8, 4) is 11.3 Å². The molecule has 1 aliphatic heterocycles. The van der Waals surface area contributed by atoms with E-state index in [2.05, 4.69) is 10.1 Å². The number of carbonyl (C=O) groups is 1. The molecule has 2 aromatic rings. The van der Waals surface area contributed by atoms with Gasteiger partial charge in [-0.2, -0.15) is 5.10 Å². The SMILES string of the molecule is [B]C1([B])Cc2ncc(-c3ccnn3C)cc2C([B])([B])N1C=O. The van der Waals surface area contributed by atoms with Gasteiger partial charge in [0.05, 0.1) is 37.1 Å². The van der Waals surface area contributed by atoms with Crippen molar-refractivity contribution >= 4 is 37.8 Å². The standard InChI is InChI=1S/C13H10B4N4O/c1-20-11(2-3-19-20)8-4-9-10(18-6-8)5-12(14,15)21(7-22)13(9,16)17/h2-4,6-7H,5H2,1H3. The van der Waals surface area contributed by atoms with Gasteiger partial charge in [0, 0.05) is 30.7 Å². The molecule has 3 rings (SSSR count). The molecule has 1 aliphatic rings. The molecule has 22 heavy (non-hydrogen) atoms. The van der Waals surface area contributed by atoms with E-state index in [1.165, 1.54) is 0 Å². The first kappa shape index (κ1) is 15.0. The van der Waals surface area contributed by atoms with Gasteiger partial charge in [0.2, 0.25) is 6.41 Å². The molecule has 0 atom stereocenters. The Morgan fingerprint density at radius 2 is 2.05 bits per heavy atom. The summed E-state index contributed by atoms with van der Waals surface area (Å²) in [7, 11) is 26.0. The minimum atomic E-state index is -1.64. The van der Waals surface area contributed by atoms with E-state index >= 15 is 0 Å². The van der Waals surface area contributed by atoms with Crippen LogP contribution in [-0.4, -0.2) is 62.8 Å². The minimum Gasteiger partial charge on any atom is -0.364 e. The van der Waals surface area contributed by atoms with Crippen LogP contribution in [-0.2, 0) is 23.6 Å². The van der Waals surface area contributed by atoms with Gasteiger partial charge in [0.15, 0.2) is 0 Å². The number of hydrogen-bond donors (Lipinski definition) is 0. The molecule has 0 spiro atoms. The lowest BCUT2D eigenvalue weighted by molar-refractivity contribution is -0.122. The highest BCUT2D eigenvalue weighted by Crippen LogP contribution is 2.36. The largest absolute Gasteiger partial charge is 0.364 e. The molecule has 0 aromatic carbocycles. The highest BCUT2D eigenvalue weighted by Gasteiger charge is 2.42. The molecule has 0 N–H and O–H groups in total. The zero-order valence-corrected chi connectivity index (χ0v) is 12.1. The third kappa shape index (κ3) is 2.11. The summed E-state index contributed by atoms with van der Waals surface area (Å²) < 4.78 is 1.70. The van der Waals surface area contributed by atoms with Gasteiger partial charge in [-0.05, 0) is 34.8 Å². The molecule has 1 amide bonds. The first-order chi connectivity index (χ1) is 10.3. The van der Waals surface area contributed by atoms with Gasteiger partial charge in [0.25, 0.3) is 0 Å². The van der Waals surface area contributed by atoms with Crippen LogP contribution in [0.4, 0.5) is 0 Å². The molecule has 0 fully saturated rings. The lowest BCUT2D eigenvalue weighted by Crippen LogP contribution is -2.64. The Morgan fingerprint density at radius 1 is 1.32 bits per heavy atom. The van der Waals surface area contributed by atoms with Crippen LogP contribution in [0, 0.1) is 0 Å². The molecule has 8 radical (unpaired) electrons. The molecule has 0 aliphatic carbocycles. The van der Waals surface area contributed by atoms with Gasteiger partial charge in [-0.15, -0.1) is 0 Å². The number of aryl methyl sites for hydroxylation is 1. The Bertz CT molecular complexity index is 743. The third-order valence-electron chi connectivity index (χ3n) is 3.92. The quantitative estimate of drug-likeness (QED) is 0.521. The molecule has 0 bridgehead atoms. The third-order valence-corrected chi connectivity index (χ3v) is 3.92. The number of hydrogen-bond acceptors (Lipinski definition) is 3. The molecule has 2 aromatic heterocycles. The Morgan fingerprint density at radius 3 is 2.64 bits per heavy atom. The van der Waals surface area contributed by atoms with Crippen molar-refractivity contribution in [1.82, 2.24) is 19.7 Å². The second-order valence-corrected chi connectivity index (χ2v) is 5.53. The molecular formula is C13H10B4N4O. The number of rotatable bonds is 2. The van der Waals surface area contributed by atoms with Crippen molar-refractivity contribution in [2.45, 2.75) is 17.1 Å². The first-order valence-electron chi connectivity index (χ1n) is 6.65. The van der Waals surface area contributed by atoms with Crippen LogP contribution in [0.3, 0.4) is 0 Å². The van der Waals surface area contributed by atoms with Crippen LogP contribution in [0.2, 0.25) is 0 Å². The molecule has 0 saturated carbocycles. The van der Waals surface area contributed by atoms with E-state index in [-0.39, 0.29) is 6.42 Å². The van der Waals surface area contributed by atoms with E-state index in [1.54, 1.807) is 23.1 Å². The summed E-state index contributed by atoms with van der Waals surface area (Å²) in [5.41, 5.74) is 2.70. The number of pyridine rings is 1. The highest BCUT2D eigenvalue weighted by molar-refractivity contribution is 6.45. The summed E-state index contributed by atoms with van der Waals surface area (Å²) in [5.74, 6) is 0. The zero-order chi connectivity index (χ0) is 16.1. The molecule has 0 saturated heterocycles. The Labute approximate surface area is 134 Å². The predicted octanol–water partition coefficient (Wildman–Crippen LogP) is -1.07. The monoisotopic (exact) mass is 282 g/mol. The van der Waals surface area contributed by atoms with Crippen LogP contribution in [0.5, 0.6) is 0 Å². The second-order valence-electron chi connectivity index (χ2n) is 5.53. The van der Waals surface area contributed by atoms with Crippen LogP contribution in [0.15, 0.2) is 24.5 Å². The fourth-order valence-corrected chi connectivity index (χ4v) is 2.79. The van der Waals surface area contributed by atoms with Gasteiger partial charge in [-0.25, -0.2) is 0 Å². The van der Waals surface area contributed by atoms with Gasteiger partial charge in [-0.3, -0.25) is 14.5 Å². The number of carbonyl (C=O) groups excluding carboxylic acids is 1. The molecule has 0 unspecified atom stereocenters. The normalized spacial score (nSPS) is 18.7. The average Bonchev–Trinajstić information content (AvgIpc) is 2.84. The number of aromatic nitrogens is 3. The number of nitrogens with zero attached hydrogens (tertiary/aromatic N) is 4. The maximum absolute atomic E-state index is 11.3. The lowest BCUT2D eigenvalue weighted by atomic mass is 9.46. The van der Waals surface area contributed by atoms with E-state index in [0.29, 0.717) is 17.7 Å². The maximum Gasteiger partial charge on any atom is 0.208 e. The summed E-state index contributed by atoms with van der Waals surface area (Å²) in [4.78, 5) is 16.7. The van der Waals surface area contributed by atoms with Crippen LogP contribution >= 0.6 is 0 Å². The maximum atomic E-state index is 11.3. The number of fused-ring (bicyclic) bond motifs is 1.